The fraction of sp³-hybridized carbons (Fsp3) is 0.273. The number of sulfone groups is 1. The van der Waals surface area contributed by atoms with Crippen LogP contribution in [0.3, 0.4) is 0 Å². The number of carbonyl (C=O) groups is 1. The number of benzene rings is 1. The molecule has 0 spiro atoms. The van der Waals surface area contributed by atoms with Gasteiger partial charge in [0.05, 0.1) is 0 Å². The summed E-state index contributed by atoms with van der Waals surface area (Å²) in [5, 5.41) is 19.2. The lowest BCUT2D eigenvalue weighted by Gasteiger charge is -2.12. The highest BCUT2D eigenvalue weighted by molar-refractivity contribution is 7.92. The van der Waals surface area contributed by atoms with Crippen molar-refractivity contribution in [3.63, 3.8) is 0 Å². The van der Waals surface area contributed by atoms with Crippen LogP contribution in [0.15, 0.2) is 40.2 Å². The van der Waals surface area contributed by atoms with Gasteiger partial charge in [0.25, 0.3) is 5.91 Å². The maximum Gasteiger partial charge on any atom is 0.268 e. The van der Waals surface area contributed by atoms with Crippen LogP contribution < -0.4 is 5.32 Å². The number of amides is 1. The number of nitrogens with one attached hydrogen (secondary N) is 1. The lowest BCUT2D eigenvalue weighted by molar-refractivity contribution is -0.112. The van der Waals surface area contributed by atoms with Gasteiger partial charge in [-0.2, -0.15) is 5.26 Å². The highest BCUT2D eigenvalue weighted by atomic mass is 32.2. The van der Waals surface area contributed by atoms with E-state index in [0.717, 1.165) is 40.2 Å². The van der Waals surface area contributed by atoms with Crippen LogP contribution in [0, 0.1) is 25.2 Å². The standard InChI is InChI=1S/C22H23N5O3S2/c1-13(2)16-6-8-19(9-7-16)27-14(3)10-17(15(27)4)11-18(12-23)20(28)24-21-25-26-22(31-21)32(5,29)30/h6-11,13H,1-5H3,(H,24,25,28)/b18-11-. The van der Waals surface area contributed by atoms with Crippen molar-refractivity contribution < 1.29 is 13.2 Å². The normalized spacial score (nSPS) is 12.1. The minimum absolute atomic E-state index is 0.00675. The van der Waals surface area contributed by atoms with Crippen LogP contribution in [0.1, 0.15) is 42.3 Å². The summed E-state index contributed by atoms with van der Waals surface area (Å²) in [4.78, 5) is 12.6. The van der Waals surface area contributed by atoms with Crippen LogP contribution in [-0.4, -0.2) is 35.3 Å². The lowest BCUT2D eigenvalue weighted by Crippen LogP contribution is -2.13. The molecule has 1 amide bonds. The topological polar surface area (TPSA) is 118 Å². The molecule has 3 aromatic rings. The summed E-state index contributed by atoms with van der Waals surface area (Å²) in [5.74, 6) is -0.248. The van der Waals surface area contributed by atoms with Gasteiger partial charge in [-0.05, 0) is 55.2 Å². The largest absolute Gasteiger partial charge is 0.318 e. The molecule has 8 nitrogen and oxygen atoms in total. The Morgan fingerprint density at radius 2 is 1.88 bits per heavy atom. The first kappa shape index (κ1) is 23.4. The fourth-order valence-electron chi connectivity index (χ4n) is 3.22. The quantitative estimate of drug-likeness (QED) is 0.331. The molecule has 10 heteroatoms. The molecule has 2 aromatic heterocycles. The molecule has 0 saturated heterocycles. The maximum absolute atomic E-state index is 12.6. The van der Waals surface area contributed by atoms with Crippen molar-refractivity contribution in [2.45, 2.75) is 38.0 Å². The number of hydrogen-bond donors (Lipinski definition) is 1. The van der Waals surface area contributed by atoms with Gasteiger partial charge in [0.1, 0.15) is 11.6 Å². The van der Waals surface area contributed by atoms with Gasteiger partial charge >= 0.3 is 0 Å². The molecule has 0 unspecified atom stereocenters. The van der Waals surface area contributed by atoms with Crippen LogP contribution in [0.5, 0.6) is 0 Å². The molecule has 0 aliphatic rings. The molecule has 1 aromatic carbocycles. The summed E-state index contributed by atoms with van der Waals surface area (Å²) in [6, 6.07) is 12.1. The van der Waals surface area contributed by atoms with Gasteiger partial charge in [-0.15, -0.1) is 10.2 Å². The van der Waals surface area contributed by atoms with Crippen molar-refractivity contribution in [2.75, 3.05) is 11.6 Å². The van der Waals surface area contributed by atoms with Crippen molar-refractivity contribution in [1.82, 2.24) is 14.8 Å². The highest BCUT2D eigenvalue weighted by Gasteiger charge is 2.18. The lowest BCUT2D eigenvalue weighted by atomic mass is 10.0. The van der Waals surface area contributed by atoms with Crippen LogP contribution in [0.25, 0.3) is 11.8 Å². The Kier molecular flexibility index (Phi) is 6.62. The van der Waals surface area contributed by atoms with E-state index in [1.54, 1.807) is 0 Å². The van der Waals surface area contributed by atoms with E-state index in [1.165, 1.54) is 11.6 Å². The van der Waals surface area contributed by atoms with E-state index in [0.29, 0.717) is 5.92 Å². The van der Waals surface area contributed by atoms with Crippen molar-refractivity contribution >= 4 is 38.3 Å². The first-order chi connectivity index (χ1) is 15.0. The predicted molar refractivity (Wildman–Crippen MR) is 125 cm³/mol. The van der Waals surface area contributed by atoms with E-state index >= 15 is 0 Å². The Labute approximate surface area is 191 Å². The summed E-state index contributed by atoms with van der Waals surface area (Å²) in [6.45, 7) is 8.16. The van der Waals surface area contributed by atoms with Gasteiger partial charge in [-0.1, -0.05) is 37.3 Å². The molecule has 0 fully saturated rings. The van der Waals surface area contributed by atoms with Crippen molar-refractivity contribution in [1.29, 1.82) is 5.26 Å². The van der Waals surface area contributed by atoms with Crippen molar-refractivity contribution in [3.05, 3.63) is 58.4 Å². The number of nitriles is 1. The molecule has 32 heavy (non-hydrogen) atoms. The first-order valence-electron chi connectivity index (χ1n) is 9.77. The minimum Gasteiger partial charge on any atom is -0.318 e. The highest BCUT2D eigenvalue weighted by Crippen LogP contribution is 2.25. The third-order valence-electron chi connectivity index (χ3n) is 4.90. The number of hydrogen-bond acceptors (Lipinski definition) is 7. The molecule has 3 rings (SSSR count). The summed E-state index contributed by atoms with van der Waals surface area (Å²) in [6.07, 6.45) is 2.51. The van der Waals surface area contributed by atoms with Gasteiger partial charge in [0.2, 0.25) is 19.3 Å². The smallest absolute Gasteiger partial charge is 0.268 e. The minimum atomic E-state index is -3.52. The number of carbonyl (C=O) groups excluding carboxylic acids is 1. The van der Waals surface area contributed by atoms with E-state index in [2.05, 4.69) is 58.2 Å². The number of aromatic nitrogens is 3. The predicted octanol–water partition coefficient (Wildman–Crippen LogP) is 4.02. The van der Waals surface area contributed by atoms with E-state index < -0.39 is 15.7 Å². The number of aryl methyl sites for hydroxylation is 1. The van der Waals surface area contributed by atoms with E-state index in [-0.39, 0.29) is 15.0 Å². The molecule has 0 saturated carbocycles. The number of rotatable bonds is 6. The average molecular weight is 470 g/mol. The van der Waals surface area contributed by atoms with Crippen LogP contribution in [-0.2, 0) is 14.6 Å². The Balaban J connectivity index is 1.89. The monoisotopic (exact) mass is 469 g/mol. The Bertz CT molecular complexity index is 1340. The number of nitrogens with zero attached hydrogens (tertiary/aromatic N) is 4. The van der Waals surface area contributed by atoms with Gasteiger partial charge in [-0.3, -0.25) is 10.1 Å². The second-order valence-corrected chi connectivity index (χ2v) is 10.8. The van der Waals surface area contributed by atoms with E-state index in [4.69, 9.17) is 0 Å². The zero-order chi connectivity index (χ0) is 23.6. The third-order valence-corrected chi connectivity index (χ3v) is 7.40. The molecule has 0 atom stereocenters. The number of anilines is 1. The van der Waals surface area contributed by atoms with Gasteiger partial charge in [0.15, 0.2) is 0 Å². The molecule has 0 aliphatic carbocycles. The second kappa shape index (κ2) is 9.06. The molecular formula is C22H23N5O3S2. The molecule has 0 radical (unpaired) electrons. The van der Waals surface area contributed by atoms with Gasteiger partial charge < -0.3 is 4.57 Å². The SMILES string of the molecule is Cc1cc(/C=C(/C#N)C(=O)Nc2nnc(S(C)(=O)=O)s2)c(C)n1-c1ccc(C(C)C)cc1. The van der Waals surface area contributed by atoms with E-state index in [1.807, 2.05) is 26.0 Å². The molecule has 166 valence electrons. The summed E-state index contributed by atoms with van der Waals surface area (Å²) >= 11 is 0.729. The van der Waals surface area contributed by atoms with E-state index in [9.17, 15) is 18.5 Å². The maximum atomic E-state index is 12.6. The molecule has 0 aliphatic heterocycles. The summed E-state index contributed by atoms with van der Waals surface area (Å²) in [5.41, 5.74) is 4.69. The summed E-state index contributed by atoms with van der Waals surface area (Å²) in [7, 11) is -3.52. The molecule has 1 N–H and O–H groups in total. The molecular weight excluding hydrogens is 446 g/mol. The first-order valence-corrected chi connectivity index (χ1v) is 12.5. The van der Waals surface area contributed by atoms with Crippen molar-refractivity contribution in [2.24, 2.45) is 0 Å². The summed E-state index contributed by atoms with van der Waals surface area (Å²) < 4.78 is 24.9. The zero-order valence-electron chi connectivity index (χ0n) is 18.4. The van der Waals surface area contributed by atoms with Crippen LogP contribution in [0.2, 0.25) is 0 Å². The van der Waals surface area contributed by atoms with Crippen LogP contribution >= 0.6 is 11.3 Å². The third kappa shape index (κ3) is 4.95. The second-order valence-electron chi connectivity index (χ2n) is 7.68. The van der Waals surface area contributed by atoms with Crippen LogP contribution in [0.4, 0.5) is 5.13 Å². The Morgan fingerprint density at radius 1 is 1.22 bits per heavy atom. The fourth-order valence-corrected chi connectivity index (χ4v) is 4.72. The Morgan fingerprint density at radius 3 is 2.41 bits per heavy atom. The average Bonchev–Trinajstić information content (AvgIpc) is 3.30. The zero-order valence-corrected chi connectivity index (χ0v) is 20.0. The van der Waals surface area contributed by atoms with Crippen molar-refractivity contribution in [3.8, 4) is 11.8 Å². The van der Waals surface area contributed by atoms with Gasteiger partial charge in [-0.25, -0.2) is 8.42 Å². The Hall–Kier alpha value is -3.29. The van der Waals surface area contributed by atoms with Gasteiger partial charge in [0, 0.05) is 23.3 Å². The molecule has 2 heterocycles. The molecule has 0 bridgehead atoms.